The van der Waals surface area contributed by atoms with Crippen molar-refractivity contribution in [2.24, 2.45) is 11.1 Å². The van der Waals surface area contributed by atoms with Gasteiger partial charge in [0.2, 0.25) is 0 Å². The van der Waals surface area contributed by atoms with Gasteiger partial charge in [-0.05, 0) is 26.3 Å². The lowest BCUT2D eigenvalue weighted by atomic mass is 9.71. The standard InChI is InChI=1S/C15H23NO/c1-11-6-8-12(9-7-11)10-13(17)14(2,3)15(4,5)16/h6-9H,10,16H2,1-5H3. The molecule has 94 valence electrons. The Hall–Kier alpha value is -1.15. The molecule has 0 atom stereocenters. The van der Waals surface area contributed by atoms with Crippen molar-refractivity contribution in [1.82, 2.24) is 0 Å². The summed E-state index contributed by atoms with van der Waals surface area (Å²) in [4.78, 5) is 12.3. The molecule has 0 aromatic heterocycles. The van der Waals surface area contributed by atoms with E-state index in [4.69, 9.17) is 5.73 Å². The molecule has 1 aromatic carbocycles. The van der Waals surface area contributed by atoms with Gasteiger partial charge in [0.1, 0.15) is 5.78 Å². The number of hydrogen-bond donors (Lipinski definition) is 1. The molecule has 0 aliphatic rings. The zero-order chi connectivity index (χ0) is 13.3. The van der Waals surface area contributed by atoms with E-state index < -0.39 is 11.0 Å². The number of nitrogens with two attached hydrogens (primary N) is 1. The minimum Gasteiger partial charge on any atom is -0.325 e. The molecule has 2 heteroatoms. The van der Waals surface area contributed by atoms with Crippen LogP contribution in [0.1, 0.15) is 38.8 Å². The highest BCUT2D eigenvalue weighted by atomic mass is 16.1. The Kier molecular flexibility index (Phi) is 3.78. The van der Waals surface area contributed by atoms with Crippen molar-refractivity contribution in [3.8, 4) is 0 Å². The minimum absolute atomic E-state index is 0.189. The highest BCUT2D eigenvalue weighted by molar-refractivity contribution is 5.87. The van der Waals surface area contributed by atoms with Crippen molar-refractivity contribution in [1.29, 1.82) is 0 Å². The van der Waals surface area contributed by atoms with E-state index in [0.29, 0.717) is 6.42 Å². The first-order chi connectivity index (χ1) is 7.64. The molecule has 0 aliphatic heterocycles. The number of aryl methyl sites for hydroxylation is 1. The van der Waals surface area contributed by atoms with Crippen molar-refractivity contribution in [3.05, 3.63) is 35.4 Å². The maximum atomic E-state index is 12.3. The summed E-state index contributed by atoms with van der Waals surface area (Å²) in [5.74, 6) is 0.189. The molecular weight excluding hydrogens is 210 g/mol. The van der Waals surface area contributed by atoms with Crippen LogP contribution in [0.25, 0.3) is 0 Å². The molecule has 0 saturated heterocycles. The Labute approximate surface area is 104 Å². The van der Waals surface area contributed by atoms with Crippen LogP contribution < -0.4 is 5.73 Å². The molecule has 0 spiro atoms. The molecule has 0 unspecified atom stereocenters. The van der Waals surface area contributed by atoms with Gasteiger partial charge in [-0.3, -0.25) is 4.79 Å². The molecule has 2 nitrogen and oxygen atoms in total. The molecule has 0 heterocycles. The highest BCUT2D eigenvalue weighted by Crippen LogP contribution is 2.30. The maximum Gasteiger partial charge on any atom is 0.144 e. The lowest BCUT2D eigenvalue weighted by Gasteiger charge is -2.37. The second kappa shape index (κ2) is 4.61. The molecule has 17 heavy (non-hydrogen) atoms. The fourth-order valence-corrected chi connectivity index (χ4v) is 1.47. The van der Waals surface area contributed by atoms with E-state index in [1.165, 1.54) is 5.56 Å². The lowest BCUT2D eigenvalue weighted by Crippen LogP contribution is -2.52. The molecule has 1 rings (SSSR count). The van der Waals surface area contributed by atoms with Crippen molar-refractivity contribution in [3.63, 3.8) is 0 Å². The summed E-state index contributed by atoms with van der Waals surface area (Å²) in [7, 11) is 0. The second-order valence-corrected chi connectivity index (χ2v) is 5.93. The van der Waals surface area contributed by atoms with Gasteiger partial charge in [-0.2, -0.15) is 0 Å². The van der Waals surface area contributed by atoms with Crippen molar-refractivity contribution in [2.45, 2.75) is 46.6 Å². The van der Waals surface area contributed by atoms with Crippen LogP contribution in [0.15, 0.2) is 24.3 Å². The van der Waals surface area contributed by atoms with E-state index in [1.54, 1.807) is 0 Å². The lowest BCUT2D eigenvalue weighted by molar-refractivity contribution is -0.129. The normalized spacial score (nSPS) is 12.6. The van der Waals surface area contributed by atoms with E-state index in [2.05, 4.69) is 0 Å². The van der Waals surface area contributed by atoms with E-state index in [1.807, 2.05) is 58.9 Å². The van der Waals surface area contributed by atoms with Gasteiger partial charge in [-0.25, -0.2) is 0 Å². The first-order valence-electron chi connectivity index (χ1n) is 6.02. The van der Waals surface area contributed by atoms with Gasteiger partial charge in [-0.1, -0.05) is 43.7 Å². The highest BCUT2D eigenvalue weighted by Gasteiger charge is 2.39. The quantitative estimate of drug-likeness (QED) is 0.869. The summed E-state index contributed by atoms with van der Waals surface area (Å²) in [6.07, 6.45) is 0.452. The number of benzene rings is 1. The number of ketones is 1. The SMILES string of the molecule is Cc1ccc(CC(=O)C(C)(C)C(C)(C)N)cc1. The molecule has 0 amide bonds. The average Bonchev–Trinajstić information content (AvgIpc) is 2.19. The Bertz CT molecular complexity index is 396. The van der Waals surface area contributed by atoms with Crippen LogP contribution in [0.2, 0.25) is 0 Å². The molecular formula is C15H23NO. The molecule has 0 aliphatic carbocycles. The van der Waals surface area contributed by atoms with Gasteiger partial charge in [0.15, 0.2) is 0 Å². The smallest absolute Gasteiger partial charge is 0.144 e. The van der Waals surface area contributed by atoms with Gasteiger partial charge in [0.05, 0.1) is 0 Å². The number of hydrogen-bond acceptors (Lipinski definition) is 2. The molecule has 0 saturated carbocycles. The summed E-state index contributed by atoms with van der Waals surface area (Å²) in [5, 5.41) is 0. The van der Waals surface area contributed by atoms with Gasteiger partial charge in [0.25, 0.3) is 0 Å². The number of rotatable bonds is 4. The summed E-state index contributed by atoms with van der Waals surface area (Å²) >= 11 is 0. The summed E-state index contributed by atoms with van der Waals surface area (Å²) in [6, 6.07) is 8.08. The van der Waals surface area contributed by atoms with Crippen LogP contribution in [0.5, 0.6) is 0 Å². The van der Waals surface area contributed by atoms with Crippen LogP contribution in [0.3, 0.4) is 0 Å². The van der Waals surface area contributed by atoms with E-state index in [9.17, 15) is 4.79 Å². The second-order valence-electron chi connectivity index (χ2n) is 5.93. The van der Waals surface area contributed by atoms with E-state index >= 15 is 0 Å². The first-order valence-corrected chi connectivity index (χ1v) is 6.02. The van der Waals surface area contributed by atoms with Crippen LogP contribution in [0.4, 0.5) is 0 Å². The van der Waals surface area contributed by atoms with Crippen LogP contribution in [0, 0.1) is 12.3 Å². The number of Topliss-reactive ketones (excluding diaryl/α,β-unsaturated/α-hetero) is 1. The zero-order valence-corrected chi connectivity index (χ0v) is 11.5. The number of carbonyl (C=O) groups is 1. The fraction of sp³-hybridized carbons (Fsp3) is 0.533. The van der Waals surface area contributed by atoms with Gasteiger partial charge < -0.3 is 5.73 Å². The predicted molar refractivity (Wildman–Crippen MR) is 71.9 cm³/mol. The zero-order valence-electron chi connectivity index (χ0n) is 11.5. The average molecular weight is 233 g/mol. The number of carbonyl (C=O) groups excluding carboxylic acids is 1. The summed E-state index contributed by atoms with van der Waals surface area (Å²) < 4.78 is 0. The van der Waals surface area contributed by atoms with Crippen molar-refractivity contribution < 1.29 is 4.79 Å². The molecule has 0 radical (unpaired) electrons. The third-order valence-corrected chi connectivity index (χ3v) is 3.79. The van der Waals surface area contributed by atoms with E-state index in [0.717, 1.165) is 5.56 Å². The largest absolute Gasteiger partial charge is 0.325 e. The van der Waals surface area contributed by atoms with Gasteiger partial charge in [0, 0.05) is 17.4 Å². The third-order valence-electron chi connectivity index (χ3n) is 3.79. The third kappa shape index (κ3) is 3.16. The monoisotopic (exact) mass is 233 g/mol. The van der Waals surface area contributed by atoms with Crippen LogP contribution in [-0.2, 0) is 11.2 Å². The molecule has 2 N–H and O–H groups in total. The summed E-state index contributed by atoms with van der Waals surface area (Å²) in [6.45, 7) is 9.69. The predicted octanol–water partition coefficient (Wildman–Crippen LogP) is 2.87. The minimum atomic E-state index is -0.516. The van der Waals surface area contributed by atoms with E-state index in [-0.39, 0.29) is 5.78 Å². The van der Waals surface area contributed by atoms with Crippen LogP contribution >= 0.6 is 0 Å². The Morgan fingerprint density at radius 3 is 2.00 bits per heavy atom. The molecule has 0 fully saturated rings. The fourth-order valence-electron chi connectivity index (χ4n) is 1.47. The van der Waals surface area contributed by atoms with Gasteiger partial charge >= 0.3 is 0 Å². The topological polar surface area (TPSA) is 43.1 Å². The Morgan fingerprint density at radius 2 is 1.59 bits per heavy atom. The maximum absolute atomic E-state index is 12.3. The van der Waals surface area contributed by atoms with Crippen LogP contribution in [-0.4, -0.2) is 11.3 Å². The summed E-state index contributed by atoms with van der Waals surface area (Å²) in [5.41, 5.74) is 7.31. The molecule has 1 aromatic rings. The first kappa shape index (κ1) is 13.9. The van der Waals surface area contributed by atoms with Gasteiger partial charge in [-0.15, -0.1) is 0 Å². The van der Waals surface area contributed by atoms with Crippen molar-refractivity contribution >= 4 is 5.78 Å². The Balaban J connectivity index is 2.83. The molecule has 0 bridgehead atoms. The Morgan fingerprint density at radius 1 is 1.12 bits per heavy atom. The van der Waals surface area contributed by atoms with Crippen molar-refractivity contribution in [2.75, 3.05) is 0 Å².